The van der Waals surface area contributed by atoms with Crippen LogP contribution in [-0.2, 0) is 9.53 Å². The largest absolute Gasteiger partial charge is 0.486 e. The maximum Gasteiger partial charge on any atom is 0.248 e. The molecule has 1 atom stereocenters. The van der Waals surface area contributed by atoms with E-state index in [4.69, 9.17) is 15.9 Å². The lowest BCUT2D eigenvalue weighted by molar-refractivity contribution is -0.111. The van der Waals surface area contributed by atoms with Gasteiger partial charge in [0.1, 0.15) is 17.9 Å². The maximum atomic E-state index is 12.7. The molecular weight excluding hydrogens is 454 g/mol. The molecule has 0 bridgehead atoms. The quantitative estimate of drug-likeness (QED) is 0.370. The average molecular weight is 482 g/mol. The van der Waals surface area contributed by atoms with Gasteiger partial charge in [0.15, 0.2) is 0 Å². The monoisotopic (exact) mass is 481 g/mol. The minimum Gasteiger partial charge on any atom is -0.486 e. The smallest absolute Gasteiger partial charge is 0.248 e. The second kappa shape index (κ2) is 11.4. The molecule has 1 aliphatic heterocycles. The summed E-state index contributed by atoms with van der Waals surface area (Å²) < 4.78 is 11.6. The third-order valence-electron chi connectivity index (χ3n) is 5.57. The standard InChI is InChI=1S/C28H27N5O3/c1-4-19-7-5-8-21(13-19)31-28-20(16-29)17-30-24-15-26(36-22-10-12-35-18-22)25(14-23(24)28)32-27(34)9-6-11-33(2)3/h1,5-9,13-15,17,22H,10-12,18H2,2-3H3,(H,30,31)(H,32,34)/b9-6+. The van der Waals surface area contributed by atoms with Gasteiger partial charge in [-0.2, -0.15) is 5.26 Å². The molecule has 3 aromatic rings. The highest BCUT2D eigenvalue weighted by molar-refractivity contribution is 6.04. The topological polar surface area (TPSA) is 99.5 Å². The summed E-state index contributed by atoms with van der Waals surface area (Å²) in [6.07, 6.45) is 11.0. The highest BCUT2D eigenvalue weighted by atomic mass is 16.5. The highest BCUT2D eigenvalue weighted by Crippen LogP contribution is 2.37. The second-order valence-corrected chi connectivity index (χ2v) is 8.63. The van der Waals surface area contributed by atoms with Crippen molar-refractivity contribution in [1.82, 2.24) is 9.88 Å². The van der Waals surface area contributed by atoms with E-state index in [1.807, 2.05) is 43.3 Å². The zero-order valence-corrected chi connectivity index (χ0v) is 20.2. The van der Waals surface area contributed by atoms with Gasteiger partial charge >= 0.3 is 0 Å². The molecule has 2 aromatic carbocycles. The summed E-state index contributed by atoms with van der Waals surface area (Å²) in [6.45, 7) is 1.74. The minimum absolute atomic E-state index is 0.120. The molecule has 0 radical (unpaired) electrons. The van der Waals surface area contributed by atoms with Gasteiger partial charge in [0.2, 0.25) is 5.91 Å². The van der Waals surface area contributed by atoms with E-state index in [0.717, 1.165) is 12.1 Å². The molecule has 0 spiro atoms. The minimum atomic E-state index is -0.288. The number of benzene rings is 2. The summed E-state index contributed by atoms with van der Waals surface area (Å²) in [5.74, 6) is 2.82. The SMILES string of the molecule is C#Cc1cccc(Nc2c(C#N)cnc3cc(OC4CCOC4)c(NC(=O)/C=C/CN(C)C)cc23)c1. The van der Waals surface area contributed by atoms with Crippen LogP contribution in [0.5, 0.6) is 5.75 Å². The number of nitriles is 1. The lowest BCUT2D eigenvalue weighted by Gasteiger charge is -2.18. The summed E-state index contributed by atoms with van der Waals surface area (Å²) in [7, 11) is 3.85. The van der Waals surface area contributed by atoms with Crippen molar-refractivity contribution >= 4 is 33.9 Å². The Labute approximate surface area is 210 Å². The lowest BCUT2D eigenvalue weighted by Crippen LogP contribution is -2.18. The van der Waals surface area contributed by atoms with E-state index < -0.39 is 0 Å². The summed E-state index contributed by atoms with van der Waals surface area (Å²) in [4.78, 5) is 19.1. The van der Waals surface area contributed by atoms with Crippen molar-refractivity contribution in [3.63, 3.8) is 0 Å². The molecular formula is C28H27N5O3. The Bertz CT molecular complexity index is 1380. The van der Waals surface area contributed by atoms with Crippen molar-refractivity contribution in [2.24, 2.45) is 0 Å². The molecule has 8 heteroatoms. The Kier molecular flexibility index (Phi) is 7.82. The van der Waals surface area contributed by atoms with Gasteiger partial charge in [-0.15, -0.1) is 6.42 Å². The summed E-state index contributed by atoms with van der Waals surface area (Å²) in [5.41, 5.74) is 3.45. The predicted octanol–water partition coefficient (Wildman–Crippen LogP) is 4.06. The van der Waals surface area contributed by atoms with Gasteiger partial charge in [-0.3, -0.25) is 9.78 Å². The molecule has 1 fully saturated rings. The third kappa shape index (κ3) is 6.00. The molecule has 0 aliphatic carbocycles. The predicted molar refractivity (Wildman–Crippen MR) is 140 cm³/mol. The maximum absolute atomic E-state index is 12.7. The number of hydrogen-bond donors (Lipinski definition) is 2. The Morgan fingerprint density at radius 1 is 1.36 bits per heavy atom. The van der Waals surface area contributed by atoms with E-state index in [1.54, 1.807) is 18.2 Å². The first-order valence-electron chi connectivity index (χ1n) is 11.5. The van der Waals surface area contributed by atoms with Crippen LogP contribution in [0.25, 0.3) is 10.9 Å². The van der Waals surface area contributed by atoms with Gasteiger partial charge in [0.05, 0.1) is 35.7 Å². The van der Waals surface area contributed by atoms with Crippen LogP contribution < -0.4 is 15.4 Å². The first-order chi connectivity index (χ1) is 17.5. The number of ether oxygens (including phenoxy) is 2. The number of aromatic nitrogens is 1. The average Bonchev–Trinajstić information content (AvgIpc) is 3.38. The van der Waals surface area contributed by atoms with Crippen LogP contribution in [0.15, 0.2) is 54.7 Å². The number of pyridine rings is 1. The molecule has 2 N–H and O–H groups in total. The number of likely N-dealkylation sites (N-methyl/N-ethyl adjacent to an activating group) is 1. The molecule has 8 nitrogen and oxygen atoms in total. The van der Waals surface area contributed by atoms with Crippen molar-refractivity contribution in [2.45, 2.75) is 12.5 Å². The number of anilines is 3. The molecule has 2 heterocycles. The van der Waals surface area contributed by atoms with Gasteiger partial charge in [-0.1, -0.05) is 18.1 Å². The van der Waals surface area contributed by atoms with Crippen molar-refractivity contribution in [2.75, 3.05) is 44.5 Å². The normalized spacial score (nSPS) is 15.1. The highest BCUT2D eigenvalue weighted by Gasteiger charge is 2.21. The number of carbonyl (C=O) groups is 1. The van der Waals surface area contributed by atoms with E-state index in [0.29, 0.717) is 58.9 Å². The molecule has 1 saturated heterocycles. The van der Waals surface area contributed by atoms with Crippen LogP contribution in [0.2, 0.25) is 0 Å². The van der Waals surface area contributed by atoms with Crippen LogP contribution >= 0.6 is 0 Å². The van der Waals surface area contributed by atoms with Crippen LogP contribution in [0.4, 0.5) is 17.1 Å². The zero-order valence-electron chi connectivity index (χ0n) is 20.2. The number of hydrogen-bond acceptors (Lipinski definition) is 7. The van der Waals surface area contributed by atoms with Crippen LogP contribution in [0.3, 0.4) is 0 Å². The Morgan fingerprint density at radius 2 is 2.22 bits per heavy atom. The number of nitrogens with one attached hydrogen (secondary N) is 2. The first-order valence-corrected chi connectivity index (χ1v) is 11.5. The summed E-state index contributed by atoms with van der Waals surface area (Å²) >= 11 is 0. The van der Waals surface area contributed by atoms with Crippen LogP contribution in [-0.4, -0.2) is 55.7 Å². The van der Waals surface area contributed by atoms with Crippen molar-refractivity contribution in [1.29, 1.82) is 5.26 Å². The third-order valence-corrected chi connectivity index (χ3v) is 5.57. The van der Waals surface area contributed by atoms with Crippen molar-refractivity contribution < 1.29 is 14.3 Å². The number of terminal acetylenes is 1. The molecule has 1 aliphatic rings. The lowest BCUT2D eigenvalue weighted by atomic mass is 10.1. The summed E-state index contributed by atoms with van der Waals surface area (Å²) in [5, 5.41) is 16.7. The van der Waals surface area contributed by atoms with E-state index in [1.165, 1.54) is 12.3 Å². The van der Waals surface area contributed by atoms with E-state index in [2.05, 4.69) is 27.6 Å². The molecule has 1 amide bonds. The number of rotatable bonds is 8. The number of nitrogens with zero attached hydrogens (tertiary/aromatic N) is 3. The molecule has 0 saturated carbocycles. The van der Waals surface area contributed by atoms with Gasteiger partial charge in [-0.25, -0.2) is 0 Å². The van der Waals surface area contributed by atoms with Gasteiger partial charge < -0.3 is 25.0 Å². The van der Waals surface area contributed by atoms with Gasteiger partial charge in [-0.05, 0) is 38.4 Å². The van der Waals surface area contributed by atoms with Gasteiger partial charge in [0.25, 0.3) is 0 Å². The van der Waals surface area contributed by atoms with Crippen LogP contribution in [0.1, 0.15) is 17.5 Å². The molecule has 36 heavy (non-hydrogen) atoms. The Hall–Kier alpha value is -4.37. The first kappa shape index (κ1) is 24.7. The molecule has 1 aromatic heterocycles. The van der Waals surface area contributed by atoms with E-state index >= 15 is 0 Å². The number of carbonyl (C=O) groups excluding carboxylic acids is 1. The second-order valence-electron chi connectivity index (χ2n) is 8.63. The number of fused-ring (bicyclic) bond motifs is 1. The number of amides is 1. The fourth-order valence-corrected chi connectivity index (χ4v) is 3.80. The molecule has 4 rings (SSSR count). The Balaban J connectivity index is 1.77. The van der Waals surface area contributed by atoms with Crippen LogP contribution in [0, 0.1) is 23.7 Å². The fraction of sp³-hybridized carbons (Fsp3) is 0.250. The van der Waals surface area contributed by atoms with Crippen molar-refractivity contribution in [3.8, 4) is 24.2 Å². The van der Waals surface area contributed by atoms with Crippen molar-refractivity contribution in [3.05, 3.63) is 65.9 Å². The fourth-order valence-electron chi connectivity index (χ4n) is 3.80. The molecule has 1 unspecified atom stereocenters. The molecule has 182 valence electrons. The van der Waals surface area contributed by atoms with Gasteiger partial charge in [0, 0.05) is 47.9 Å². The Morgan fingerprint density at radius 3 is 2.94 bits per heavy atom. The van der Waals surface area contributed by atoms with E-state index in [-0.39, 0.29) is 12.0 Å². The summed E-state index contributed by atoms with van der Waals surface area (Å²) in [6, 6.07) is 13.1. The van der Waals surface area contributed by atoms with E-state index in [9.17, 15) is 10.1 Å². The zero-order chi connectivity index (χ0) is 25.5.